The fraction of sp³-hybridized carbons (Fsp3) is 0.400. The maximum atomic E-state index is 15.4. The molecule has 0 aromatic heterocycles. The van der Waals surface area contributed by atoms with E-state index >= 15 is 8.78 Å². The van der Waals surface area contributed by atoms with Crippen molar-refractivity contribution in [3.8, 4) is 0 Å². The van der Waals surface area contributed by atoms with Crippen LogP contribution >= 0.6 is 0 Å². The number of carbonyl (C=O) groups excluding carboxylic acids is 1. The molecule has 32 heavy (non-hydrogen) atoms. The molecule has 1 aliphatic heterocycles. The number of methoxy groups -OCH3 is 1. The van der Waals surface area contributed by atoms with Gasteiger partial charge in [-0.25, -0.2) is 18.0 Å². The molecule has 2 unspecified atom stereocenters. The normalized spacial score (nSPS) is 19.2. The van der Waals surface area contributed by atoms with E-state index in [9.17, 15) is 9.18 Å². The number of alkyl halides is 1. The second-order valence-electron chi connectivity index (χ2n) is 8.95. The number of rotatable bonds is 5. The number of carbonyl (C=O) groups is 1. The Morgan fingerprint density at radius 3 is 2.47 bits per heavy atom. The fourth-order valence-corrected chi connectivity index (χ4v) is 4.37. The van der Waals surface area contributed by atoms with Gasteiger partial charge in [0.05, 0.1) is 13.2 Å². The molecule has 0 amide bonds. The molecule has 2 N–H and O–H groups in total. The number of hydrogen-bond donors (Lipinski definition) is 1. The van der Waals surface area contributed by atoms with Crippen LogP contribution in [0.15, 0.2) is 30.3 Å². The van der Waals surface area contributed by atoms with Crippen LogP contribution in [0.5, 0.6) is 0 Å². The summed E-state index contributed by atoms with van der Waals surface area (Å²) in [4.78, 5) is 13.1. The molecule has 0 saturated carbocycles. The lowest BCUT2D eigenvalue weighted by atomic mass is 9.81. The van der Waals surface area contributed by atoms with Crippen molar-refractivity contribution in [2.24, 2.45) is 0 Å². The number of halogens is 3. The van der Waals surface area contributed by atoms with Crippen molar-refractivity contribution in [2.75, 3.05) is 19.4 Å². The number of esters is 1. The average Bonchev–Trinajstić information content (AvgIpc) is 2.70. The van der Waals surface area contributed by atoms with E-state index in [0.717, 1.165) is 22.8 Å². The SMILES string of the molecule is COC(=O)/C=C/c1cc(F)c(C2c3ccc(N)c(C)c3CC(C)N2CC(C)(C)F)c(F)c1. The average molecular weight is 447 g/mol. The zero-order valence-corrected chi connectivity index (χ0v) is 19.0. The van der Waals surface area contributed by atoms with Crippen LogP contribution in [0.2, 0.25) is 0 Å². The molecule has 172 valence electrons. The fourth-order valence-electron chi connectivity index (χ4n) is 4.37. The molecule has 7 heteroatoms. The van der Waals surface area contributed by atoms with Crippen molar-refractivity contribution in [2.45, 2.75) is 51.9 Å². The molecule has 0 aliphatic carbocycles. The summed E-state index contributed by atoms with van der Waals surface area (Å²) in [5.41, 5.74) is 7.69. The minimum Gasteiger partial charge on any atom is -0.466 e. The molecule has 1 heterocycles. The first kappa shape index (κ1) is 23.9. The maximum absolute atomic E-state index is 15.4. The van der Waals surface area contributed by atoms with Gasteiger partial charge in [-0.1, -0.05) is 6.07 Å². The zero-order valence-electron chi connectivity index (χ0n) is 19.0. The molecule has 0 saturated heterocycles. The van der Waals surface area contributed by atoms with Crippen LogP contribution in [0.4, 0.5) is 18.9 Å². The van der Waals surface area contributed by atoms with Gasteiger partial charge in [-0.15, -0.1) is 0 Å². The van der Waals surface area contributed by atoms with Crippen LogP contribution in [0.1, 0.15) is 54.6 Å². The predicted octanol–water partition coefficient (Wildman–Crippen LogP) is 5.13. The predicted molar refractivity (Wildman–Crippen MR) is 120 cm³/mol. The molecular formula is C25H29F3N2O2. The summed E-state index contributed by atoms with van der Waals surface area (Å²) in [6.07, 6.45) is 2.98. The highest BCUT2D eigenvalue weighted by atomic mass is 19.1. The summed E-state index contributed by atoms with van der Waals surface area (Å²) >= 11 is 0. The number of fused-ring (bicyclic) bond motifs is 1. The van der Waals surface area contributed by atoms with Gasteiger partial charge in [0.15, 0.2) is 0 Å². The zero-order chi connectivity index (χ0) is 23.8. The van der Waals surface area contributed by atoms with Gasteiger partial charge >= 0.3 is 5.97 Å². The van der Waals surface area contributed by atoms with E-state index in [2.05, 4.69) is 4.74 Å². The van der Waals surface area contributed by atoms with Crippen LogP contribution in [0.25, 0.3) is 6.08 Å². The number of hydrogen-bond acceptors (Lipinski definition) is 4. The Morgan fingerprint density at radius 1 is 1.28 bits per heavy atom. The van der Waals surface area contributed by atoms with Gasteiger partial charge in [-0.05, 0) is 80.6 Å². The Bertz CT molecular complexity index is 1040. The molecule has 2 aromatic rings. The lowest BCUT2D eigenvalue weighted by Crippen LogP contribution is -2.48. The lowest BCUT2D eigenvalue weighted by molar-refractivity contribution is -0.134. The van der Waals surface area contributed by atoms with Gasteiger partial charge in [0.25, 0.3) is 0 Å². The van der Waals surface area contributed by atoms with Crippen molar-refractivity contribution in [3.05, 3.63) is 69.8 Å². The van der Waals surface area contributed by atoms with E-state index in [0.29, 0.717) is 12.1 Å². The van der Waals surface area contributed by atoms with E-state index in [1.54, 1.807) is 12.1 Å². The third-order valence-electron chi connectivity index (χ3n) is 5.91. The van der Waals surface area contributed by atoms with Crippen molar-refractivity contribution in [1.29, 1.82) is 0 Å². The molecular weight excluding hydrogens is 417 g/mol. The molecule has 0 radical (unpaired) electrons. The summed E-state index contributed by atoms with van der Waals surface area (Å²) in [6, 6.07) is 4.84. The van der Waals surface area contributed by atoms with E-state index in [1.807, 2.05) is 18.7 Å². The molecule has 2 atom stereocenters. The third-order valence-corrected chi connectivity index (χ3v) is 5.91. The first-order valence-electron chi connectivity index (χ1n) is 10.5. The standard InChI is InChI=1S/C25H29F3N2O2/c1-14-10-18-15(2)21(29)8-7-17(18)24(30(14)13-25(3,4)28)23-19(26)11-16(12-20(23)27)6-9-22(31)32-5/h6-9,11-12,14,24H,10,13,29H2,1-5H3/b9-6+. The highest BCUT2D eigenvalue weighted by Crippen LogP contribution is 2.43. The largest absolute Gasteiger partial charge is 0.466 e. The van der Waals surface area contributed by atoms with Crippen LogP contribution in [-0.4, -0.2) is 36.2 Å². The Kier molecular flexibility index (Phi) is 6.69. The molecule has 4 nitrogen and oxygen atoms in total. The number of ether oxygens (including phenoxy) is 1. The molecule has 1 aliphatic rings. The summed E-state index contributed by atoms with van der Waals surface area (Å²) in [7, 11) is 1.22. The second kappa shape index (κ2) is 8.98. The molecule has 0 fully saturated rings. The number of nitrogen functional groups attached to an aromatic ring is 1. The number of anilines is 1. The van der Waals surface area contributed by atoms with Gasteiger partial charge in [-0.2, -0.15) is 0 Å². The molecule has 3 rings (SSSR count). The van der Waals surface area contributed by atoms with Gasteiger partial charge in [0, 0.05) is 29.9 Å². The lowest BCUT2D eigenvalue weighted by Gasteiger charge is -2.44. The highest BCUT2D eigenvalue weighted by Gasteiger charge is 2.39. The third kappa shape index (κ3) is 4.83. The van der Waals surface area contributed by atoms with E-state index < -0.39 is 29.3 Å². The van der Waals surface area contributed by atoms with E-state index in [4.69, 9.17) is 5.73 Å². The van der Waals surface area contributed by atoms with Gasteiger partial charge in [-0.3, -0.25) is 4.90 Å². The van der Waals surface area contributed by atoms with Crippen molar-refractivity contribution >= 4 is 17.7 Å². The van der Waals surface area contributed by atoms with Gasteiger partial charge < -0.3 is 10.5 Å². The van der Waals surface area contributed by atoms with Crippen LogP contribution < -0.4 is 5.73 Å². The van der Waals surface area contributed by atoms with Gasteiger partial charge in [0.2, 0.25) is 0 Å². The number of benzene rings is 2. The highest BCUT2D eigenvalue weighted by molar-refractivity contribution is 5.86. The van der Waals surface area contributed by atoms with Crippen LogP contribution in [-0.2, 0) is 16.0 Å². The van der Waals surface area contributed by atoms with Crippen molar-refractivity contribution < 1.29 is 22.7 Å². The van der Waals surface area contributed by atoms with Gasteiger partial charge in [0.1, 0.15) is 17.3 Å². The van der Waals surface area contributed by atoms with Crippen molar-refractivity contribution in [3.63, 3.8) is 0 Å². The molecule has 0 spiro atoms. The Morgan fingerprint density at radius 2 is 1.91 bits per heavy atom. The minimum atomic E-state index is -1.57. The summed E-state index contributed by atoms with van der Waals surface area (Å²) in [5, 5.41) is 0. The smallest absolute Gasteiger partial charge is 0.330 e. The summed E-state index contributed by atoms with van der Waals surface area (Å²) < 4.78 is 50.0. The Labute approximate surface area is 186 Å². The Balaban J connectivity index is 2.18. The van der Waals surface area contributed by atoms with E-state index in [-0.39, 0.29) is 23.7 Å². The Hall–Kier alpha value is -2.80. The topological polar surface area (TPSA) is 55.6 Å². The van der Waals surface area contributed by atoms with Crippen molar-refractivity contribution in [1.82, 2.24) is 4.90 Å². The quantitative estimate of drug-likeness (QED) is 0.393. The number of nitrogens with two attached hydrogens (primary N) is 1. The molecule has 0 bridgehead atoms. The van der Waals surface area contributed by atoms with Crippen LogP contribution in [0.3, 0.4) is 0 Å². The summed E-state index contributed by atoms with van der Waals surface area (Å²) in [6.45, 7) is 6.72. The minimum absolute atomic E-state index is 0.00454. The second-order valence-corrected chi connectivity index (χ2v) is 8.95. The first-order valence-corrected chi connectivity index (χ1v) is 10.5. The van der Waals surface area contributed by atoms with E-state index in [1.165, 1.54) is 39.2 Å². The monoisotopic (exact) mass is 446 g/mol. The first-order chi connectivity index (χ1) is 14.9. The summed E-state index contributed by atoms with van der Waals surface area (Å²) in [5.74, 6) is -2.17. The maximum Gasteiger partial charge on any atom is 0.330 e. The van der Waals surface area contributed by atoms with Crippen LogP contribution in [0, 0.1) is 18.6 Å². The molecule has 2 aromatic carbocycles. The number of nitrogens with zero attached hydrogens (tertiary/aromatic N) is 1.